The first-order valence-electron chi connectivity index (χ1n) is 10.7. The van der Waals surface area contributed by atoms with Gasteiger partial charge in [0.2, 0.25) is 0 Å². The van der Waals surface area contributed by atoms with Crippen LogP contribution in [0.5, 0.6) is 0 Å². The van der Waals surface area contributed by atoms with Crippen molar-refractivity contribution in [3.8, 4) is 0 Å². The molecule has 166 valence electrons. The van der Waals surface area contributed by atoms with Crippen molar-refractivity contribution in [3.05, 3.63) is 74.7 Å². The molecule has 0 saturated carbocycles. The predicted octanol–water partition coefficient (Wildman–Crippen LogP) is 6.91. The maximum absolute atomic E-state index is 13.0. The molecule has 32 heavy (non-hydrogen) atoms. The van der Waals surface area contributed by atoms with Gasteiger partial charge in [-0.2, -0.15) is 0 Å². The molecule has 1 fully saturated rings. The van der Waals surface area contributed by atoms with Crippen molar-refractivity contribution in [1.82, 2.24) is 4.90 Å². The summed E-state index contributed by atoms with van der Waals surface area (Å²) >= 11 is 7.62. The lowest BCUT2D eigenvalue weighted by Gasteiger charge is -2.43. The molecule has 0 atom stereocenters. The van der Waals surface area contributed by atoms with Gasteiger partial charge in [-0.1, -0.05) is 47.5 Å². The van der Waals surface area contributed by atoms with E-state index in [2.05, 4.69) is 38.7 Å². The summed E-state index contributed by atoms with van der Waals surface area (Å²) in [6.45, 7) is 11.7. The number of carbonyl (C=O) groups excluding carboxylic acids is 2. The predicted molar refractivity (Wildman–Crippen MR) is 135 cm³/mol. The van der Waals surface area contributed by atoms with Gasteiger partial charge in [0.25, 0.3) is 11.1 Å². The van der Waals surface area contributed by atoms with Crippen molar-refractivity contribution in [3.63, 3.8) is 0 Å². The third-order valence-corrected chi connectivity index (χ3v) is 7.27. The van der Waals surface area contributed by atoms with Crippen LogP contribution in [0.3, 0.4) is 0 Å². The zero-order valence-corrected chi connectivity index (χ0v) is 20.6. The molecule has 0 unspecified atom stereocenters. The SMILES string of the molecule is CCN1c2cc(Cl)c(/C=C3/SC(=O)N(Cc4ccc(C)cc4)C3=O)cc2C(C)=CC1(C)C. The standard InChI is InChI=1S/C26H27ClN2O2S/c1-6-29-22-13-21(27)19(11-20(22)17(3)14-26(29,4)5)12-23-24(30)28(25(31)32-23)15-18-9-7-16(2)8-10-18/h7-14H,6,15H2,1-5H3/b23-12+. The minimum atomic E-state index is -0.280. The van der Waals surface area contributed by atoms with Crippen molar-refractivity contribution in [2.45, 2.75) is 46.7 Å². The molecule has 0 aliphatic carbocycles. The number of aryl methyl sites for hydroxylation is 1. The first-order chi connectivity index (χ1) is 15.1. The number of rotatable bonds is 4. The molecule has 2 amide bonds. The Bertz CT molecular complexity index is 1170. The highest BCUT2D eigenvalue weighted by Crippen LogP contribution is 2.42. The number of halogens is 1. The van der Waals surface area contributed by atoms with Crippen LogP contribution in [0.4, 0.5) is 10.5 Å². The Labute approximate surface area is 198 Å². The van der Waals surface area contributed by atoms with Gasteiger partial charge in [0.05, 0.1) is 17.0 Å². The van der Waals surface area contributed by atoms with Gasteiger partial charge < -0.3 is 4.90 Å². The molecule has 0 N–H and O–H groups in total. The average Bonchev–Trinajstić information content (AvgIpc) is 2.98. The Hall–Kier alpha value is -2.50. The fraction of sp³-hybridized carbons (Fsp3) is 0.308. The topological polar surface area (TPSA) is 40.6 Å². The number of thioether (sulfide) groups is 1. The van der Waals surface area contributed by atoms with E-state index in [-0.39, 0.29) is 23.2 Å². The number of fused-ring (bicyclic) bond motifs is 1. The van der Waals surface area contributed by atoms with Crippen LogP contribution in [0.2, 0.25) is 5.02 Å². The molecule has 0 spiro atoms. The molecule has 4 rings (SSSR count). The third-order valence-electron chi connectivity index (χ3n) is 6.03. The van der Waals surface area contributed by atoms with Crippen LogP contribution in [0.25, 0.3) is 11.6 Å². The van der Waals surface area contributed by atoms with Gasteiger partial charge in [-0.05, 0) is 81.3 Å². The quantitative estimate of drug-likeness (QED) is 0.459. The molecule has 1 saturated heterocycles. The molecule has 2 aliphatic heterocycles. The van der Waals surface area contributed by atoms with Crippen LogP contribution in [0.15, 0.2) is 47.4 Å². The van der Waals surface area contributed by atoms with E-state index in [4.69, 9.17) is 11.6 Å². The molecule has 0 bridgehead atoms. The summed E-state index contributed by atoms with van der Waals surface area (Å²) in [6.07, 6.45) is 4.00. The molecule has 6 heteroatoms. The Balaban J connectivity index is 1.66. The lowest BCUT2D eigenvalue weighted by Crippen LogP contribution is -2.44. The van der Waals surface area contributed by atoms with Gasteiger partial charge in [-0.3, -0.25) is 14.5 Å². The second-order valence-corrected chi connectivity index (χ2v) is 10.3. The molecule has 2 aromatic rings. The van der Waals surface area contributed by atoms with E-state index in [0.29, 0.717) is 9.93 Å². The number of nitrogens with zero attached hydrogens (tertiary/aromatic N) is 2. The molecule has 2 heterocycles. The number of carbonyl (C=O) groups is 2. The Morgan fingerprint density at radius 2 is 1.78 bits per heavy atom. The number of hydrogen-bond acceptors (Lipinski definition) is 4. The lowest BCUT2D eigenvalue weighted by atomic mass is 9.88. The highest BCUT2D eigenvalue weighted by Gasteiger charge is 2.36. The van der Waals surface area contributed by atoms with Crippen molar-refractivity contribution in [2.24, 2.45) is 0 Å². The Morgan fingerprint density at radius 3 is 2.44 bits per heavy atom. The fourth-order valence-electron chi connectivity index (χ4n) is 4.46. The largest absolute Gasteiger partial charge is 0.363 e. The zero-order chi connectivity index (χ0) is 23.2. The van der Waals surface area contributed by atoms with Gasteiger partial charge >= 0.3 is 0 Å². The molecule has 4 nitrogen and oxygen atoms in total. The number of likely N-dealkylation sites (N-methyl/N-ethyl adjacent to an activating group) is 1. The number of hydrogen-bond donors (Lipinski definition) is 0. The smallest absolute Gasteiger partial charge is 0.293 e. The lowest BCUT2D eigenvalue weighted by molar-refractivity contribution is -0.123. The van der Waals surface area contributed by atoms with E-state index in [1.807, 2.05) is 43.3 Å². The van der Waals surface area contributed by atoms with E-state index in [1.54, 1.807) is 6.08 Å². The summed E-state index contributed by atoms with van der Waals surface area (Å²) < 4.78 is 0. The van der Waals surface area contributed by atoms with Crippen LogP contribution >= 0.6 is 23.4 Å². The number of amides is 2. The Morgan fingerprint density at radius 1 is 1.09 bits per heavy atom. The van der Waals surface area contributed by atoms with Gasteiger partial charge in [0.15, 0.2) is 0 Å². The number of anilines is 1. The van der Waals surface area contributed by atoms with Crippen molar-refractivity contribution >= 4 is 51.8 Å². The Kier molecular flexibility index (Phi) is 5.99. The summed E-state index contributed by atoms with van der Waals surface area (Å²) in [4.78, 5) is 29.6. The van der Waals surface area contributed by atoms with Crippen LogP contribution in [-0.4, -0.2) is 28.1 Å². The first kappa shape index (κ1) is 22.7. The minimum Gasteiger partial charge on any atom is -0.363 e. The summed E-state index contributed by atoms with van der Waals surface area (Å²) in [5, 5.41) is 0.309. The van der Waals surface area contributed by atoms with E-state index >= 15 is 0 Å². The normalized spacial score (nSPS) is 18.9. The summed E-state index contributed by atoms with van der Waals surface area (Å²) in [7, 11) is 0. The van der Waals surface area contributed by atoms with E-state index in [1.165, 1.54) is 10.5 Å². The average molecular weight is 467 g/mol. The summed E-state index contributed by atoms with van der Waals surface area (Å²) in [5.41, 5.74) is 6.07. The van der Waals surface area contributed by atoms with Crippen LogP contribution in [-0.2, 0) is 11.3 Å². The zero-order valence-electron chi connectivity index (χ0n) is 19.0. The molecule has 2 aromatic carbocycles. The fourth-order valence-corrected chi connectivity index (χ4v) is 5.50. The van der Waals surface area contributed by atoms with Crippen LogP contribution in [0, 0.1) is 6.92 Å². The molecular weight excluding hydrogens is 440 g/mol. The summed E-state index contributed by atoms with van der Waals surface area (Å²) in [5.74, 6) is -0.280. The molecule has 0 aromatic heterocycles. The summed E-state index contributed by atoms with van der Waals surface area (Å²) in [6, 6.07) is 11.8. The maximum Gasteiger partial charge on any atom is 0.293 e. The number of allylic oxidation sites excluding steroid dienone is 1. The maximum atomic E-state index is 13.0. The highest BCUT2D eigenvalue weighted by atomic mass is 35.5. The van der Waals surface area contributed by atoms with Gasteiger partial charge in [0.1, 0.15) is 0 Å². The van der Waals surface area contributed by atoms with Crippen molar-refractivity contribution in [2.75, 3.05) is 11.4 Å². The number of imide groups is 1. The van der Waals surface area contributed by atoms with Crippen LogP contribution in [0.1, 0.15) is 49.9 Å². The van der Waals surface area contributed by atoms with E-state index in [9.17, 15) is 9.59 Å². The van der Waals surface area contributed by atoms with Gasteiger partial charge in [-0.15, -0.1) is 0 Å². The third kappa shape index (κ3) is 4.12. The van der Waals surface area contributed by atoms with E-state index < -0.39 is 0 Å². The van der Waals surface area contributed by atoms with Gasteiger partial charge in [-0.25, -0.2) is 0 Å². The second-order valence-electron chi connectivity index (χ2n) is 8.87. The highest BCUT2D eigenvalue weighted by molar-refractivity contribution is 8.18. The minimum absolute atomic E-state index is 0.102. The van der Waals surface area contributed by atoms with Crippen molar-refractivity contribution in [1.29, 1.82) is 0 Å². The van der Waals surface area contributed by atoms with Crippen LogP contribution < -0.4 is 4.90 Å². The van der Waals surface area contributed by atoms with Gasteiger partial charge in [0, 0.05) is 22.8 Å². The van der Waals surface area contributed by atoms with Crippen molar-refractivity contribution < 1.29 is 9.59 Å². The first-order valence-corrected chi connectivity index (χ1v) is 11.9. The molecule has 0 radical (unpaired) electrons. The molecular formula is C26H27ClN2O2S. The number of benzene rings is 2. The molecule has 2 aliphatic rings. The van der Waals surface area contributed by atoms with E-state index in [0.717, 1.165) is 46.2 Å². The second kappa shape index (κ2) is 8.45. The monoisotopic (exact) mass is 466 g/mol.